The van der Waals surface area contributed by atoms with E-state index in [9.17, 15) is 50.4 Å². The molecule has 0 aromatic heterocycles. The molecule has 8 N–H and O–H groups in total. The molecular formula is C104H218O12. The number of esters is 2. The first kappa shape index (κ1) is 102. The van der Waals surface area contributed by atoms with Crippen molar-refractivity contribution in [1.29, 1.82) is 0 Å². The van der Waals surface area contributed by atoms with E-state index in [1.807, 2.05) is 13.8 Å². The van der Waals surface area contributed by atoms with E-state index in [2.05, 4.69) is 118 Å². The second-order valence-corrected chi connectivity index (χ2v) is 46.4. The largest absolute Gasteiger partial charge is 0.469 e. The Balaban J connectivity index is -0.000000271. The van der Waals surface area contributed by atoms with E-state index in [4.69, 9.17) is 9.47 Å². The molecule has 0 radical (unpaired) electrons. The van der Waals surface area contributed by atoms with Gasteiger partial charge in [0, 0.05) is 25.0 Å². The Kier molecular flexibility index (Phi) is 41.9. The van der Waals surface area contributed by atoms with Gasteiger partial charge in [0.2, 0.25) is 0 Å². The molecule has 13 aliphatic carbocycles. The summed E-state index contributed by atoms with van der Waals surface area (Å²) in [5, 5.41) is 81.9. The Bertz CT molecular complexity index is 2590. The molecule has 13 saturated carbocycles. The van der Waals surface area contributed by atoms with E-state index in [-0.39, 0.29) is 108 Å². The molecule has 0 saturated heterocycles. The Morgan fingerprint density at radius 3 is 0.819 bits per heavy atom. The standard InChI is InChI=1S/C24H42O3.C21H38O.C17H32O2.C14H26O.C10H18O3.2C9H18O.13H2/c1-23(12-6-4-7-13-23)19-16-18(10-11-21(25)27-3)17-20(22(19)26)24(2)14-8-5-9-15-24;1-16-14-17(20(2)10-6-4-7-11-20)19(22)18(15-16)21(3)12-8-5-9-13-21;1-10-5-14(6-11(2)16(10)18)9-15-7-12(3)17(19)13(4)8-15;1-10-8-13(9-11(2)14(10)15)12-6-4-3-5-7-12;1-6-4-8(10(12)13-3)5-7(2)9(6)11;2*1-6-4-7(2)9(10)8(3)5-6;;;;;;;;;;;;;/h18-20,22,26H,4-17H2,1-3H3;16-19,22H,4-15H2,1-3H3;10-19H,5-9H2,1-4H3;10-15H,3-9H2,1-2H3;6-9,11H,4-5H2,1-3H3;2*6-10H,4-5H2,1-3H3;13*1H. The fraction of sp³-hybridized carbons (Fsp3) is 0.981. The molecule has 0 spiro atoms. The van der Waals surface area contributed by atoms with Crippen molar-refractivity contribution >= 4 is 11.9 Å². The molecule has 116 heavy (non-hydrogen) atoms. The number of aliphatic hydroxyl groups excluding tert-OH is 8. The molecule has 13 fully saturated rings. The van der Waals surface area contributed by atoms with Crippen molar-refractivity contribution in [3.05, 3.63) is 0 Å². The molecular weight excluding hydrogens is 1440 g/mol. The summed E-state index contributed by atoms with van der Waals surface area (Å²) in [5.41, 5.74) is 1.39. The molecule has 13 aliphatic rings. The minimum Gasteiger partial charge on any atom is -0.469 e. The van der Waals surface area contributed by atoms with Crippen LogP contribution in [0.1, 0.15) is 433 Å². The number of carbonyl (C=O) groups is 2. The van der Waals surface area contributed by atoms with Gasteiger partial charge >= 0.3 is 11.9 Å². The Labute approximate surface area is 733 Å². The fourth-order valence-corrected chi connectivity index (χ4v) is 28.6. The summed E-state index contributed by atoms with van der Waals surface area (Å²) in [6, 6.07) is 0. The molecule has 12 heteroatoms. The van der Waals surface area contributed by atoms with Crippen LogP contribution in [-0.2, 0) is 19.1 Å². The van der Waals surface area contributed by atoms with Gasteiger partial charge in [-0.15, -0.1) is 0 Å². The van der Waals surface area contributed by atoms with Gasteiger partial charge in [-0.3, -0.25) is 9.59 Å². The SMILES string of the molecule is CC1CC(C)C(O)C(C)C1.CC1CC(C)C(O)C(C)C1.CC1CC(C2(C)CCCCC2)C(O)C(C2(C)CCCCC2)C1.CC1CC(C2CCCCC2)CC(C)C1O.CC1CC(CC2CC(C)C(O)C(C)C2)CC(C)C1O.COC(=O)C1CC(C)C(O)C(C)C1.COC(=O)CCC1CC(C2(C)CCCCC2)C(O)C(C2(C)CCCCC2)C1.[HH].[HH].[HH].[HH].[HH].[HH].[HH].[HH].[HH].[HH].[HH].[HH].[HH]. The molecule has 0 aromatic rings. The fourth-order valence-electron chi connectivity index (χ4n) is 28.6. The van der Waals surface area contributed by atoms with Gasteiger partial charge in [0.1, 0.15) is 0 Å². The van der Waals surface area contributed by atoms with Crippen LogP contribution in [0.15, 0.2) is 0 Å². The van der Waals surface area contributed by atoms with Crippen LogP contribution in [0.5, 0.6) is 0 Å². The van der Waals surface area contributed by atoms with E-state index in [1.165, 1.54) is 258 Å². The maximum Gasteiger partial charge on any atom is 0.308 e. The highest BCUT2D eigenvalue weighted by Gasteiger charge is 2.54. The van der Waals surface area contributed by atoms with Crippen LogP contribution in [-0.4, -0.2) is 116 Å². The van der Waals surface area contributed by atoms with Crippen molar-refractivity contribution in [3.63, 3.8) is 0 Å². The van der Waals surface area contributed by atoms with E-state index in [0.717, 1.165) is 73.5 Å². The molecule has 0 aliphatic heterocycles. The smallest absolute Gasteiger partial charge is 0.308 e. The predicted molar refractivity (Wildman–Crippen MR) is 508 cm³/mol. The number of ether oxygens (including phenoxy) is 2. The first-order valence-electron chi connectivity index (χ1n) is 50.3. The molecule has 16 atom stereocenters. The lowest BCUT2D eigenvalue weighted by molar-refractivity contribution is -0.149. The normalized spacial score (nSPS) is 43.6. The minimum atomic E-state index is -0.263. The van der Waals surface area contributed by atoms with Gasteiger partial charge in [0.05, 0.1) is 69.0 Å². The van der Waals surface area contributed by atoms with Crippen molar-refractivity contribution < 1.29 is 78.5 Å². The van der Waals surface area contributed by atoms with Gasteiger partial charge in [-0.2, -0.15) is 0 Å². The monoisotopic (exact) mass is 1660 g/mol. The van der Waals surface area contributed by atoms with Crippen molar-refractivity contribution in [1.82, 2.24) is 0 Å². The van der Waals surface area contributed by atoms with Crippen molar-refractivity contribution in [2.75, 3.05) is 14.2 Å². The first-order valence-corrected chi connectivity index (χ1v) is 50.3. The third-order valence-electron chi connectivity index (χ3n) is 35.8. The van der Waals surface area contributed by atoms with E-state index in [0.29, 0.717) is 106 Å². The molecule has 12 nitrogen and oxygen atoms in total. The van der Waals surface area contributed by atoms with E-state index < -0.39 is 0 Å². The van der Waals surface area contributed by atoms with Crippen LogP contribution in [0.3, 0.4) is 0 Å². The van der Waals surface area contributed by atoms with Crippen molar-refractivity contribution in [2.45, 2.75) is 463 Å². The number of carbonyl (C=O) groups excluding carboxylic acids is 2. The van der Waals surface area contributed by atoms with E-state index in [1.54, 1.807) is 0 Å². The van der Waals surface area contributed by atoms with Crippen molar-refractivity contribution in [3.8, 4) is 0 Å². The second kappa shape index (κ2) is 47.8. The highest BCUT2D eigenvalue weighted by Crippen LogP contribution is 2.59. The highest BCUT2D eigenvalue weighted by molar-refractivity contribution is 5.72. The number of rotatable bonds is 11. The third-order valence-corrected chi connectivity index (χ3v) is 35.8. The molecule has 0 amide bonds. The number of hydrogen-bond acceptors (Lipinski definition) is 12. The molecule has 0 aromatic carbocycles. The summed E-state index contributed by atoms with van der Waals surface area (Å²) >= 11 is 0. The molecule has 0 heterocycles. The Morgan fingerprint density at radius 1 is 0.284 bits per heavy atom. The van der Waals surface area contributed by atoms with Crippen LogP contribution in [0, 0.1) is 170 Å². The van der Waals surface area contributed by atoms with Crippen molar-refractivity contribution in [2.24, 2.45) is 170 Å². The molecule has 0 bridgehead atoms. The average molecular weight is 1660 g/mol. The minimum absolute atomic E-state index is 0. The summed E-state index contributed by atoms with van der Waals surface area (Å²) < 4.78 is 9.60. The topological polar surface area (TPSA) is 214 Å². The van der Waals surface area contributed by atoms with E-state index >= 15 is 0 Å². The molecule has 13 rings (SSSR count). The maximum atomic E-state index is 11.7. The lowest BCUT2D eigenvalue weighted by Gasteiger charge is -2.54. The van der Waals surface area contributed by atoms with Gasteiger partial charge in [-0.1, -0.05) is 241 Å². The number of methoxy groups -OCH3 is 2. The summed E-state index contributed by atoms with van der Waals surface area (Å²) in [6.45, 7) is 42.7. The second-order valence-electron chi connectivity index (χ2n) is 46.4. The average Bonchev–Trinajstić information content (AvgIpc) is 0.759. The molecule has 706 valence electrons. The summed E-state index contributed by atoms with van der Waals surface area (Å²) in [6.07, 6.45) is 54.4. The first-order chi connectivity index (χ1) is 54.7. The molecule has 16 unspecified atom stereocenters. The zero-order valence-electron chi connectivity index (χ0n) is 79.4. The number of hydrogen-bond donors (Lipinski definition) is 8. The van der Waals surface area contributed by atoms with Crippen LogP contribution < -0.4 is 0 Å². The third kappa shape index (κ3) is 29.1. The van der Waals surface area contributed by atoms with Gasteiger partial charge in [0.15, 0.2) is 0 Å². The van der Waals surface area contributed by atoms with Crippen LogP contribution in [0.25, 0.3) is 0 Å². The van der Waals surface area contributed by atoms with Gasteiger partial charge in [-0.05, 0) is 331 Å². The number of aliphatic hydroxyl groups is 8. The van der Waals surface area contributed by atoms with Gasteiger partial charge < -0.3 is 50.3 Å². The zero-order valence-corrected chi connectivity index (χ0v) is 79.4. The lowest BCUT2D eigenvalue weighted by Crippen LogP contribution is -2.51. The Morgan fingerprint density at radius 2 is 0.534 bits per heavy atom. The van der Waals surface area contributed by atoms with Crippen LogP contribution in [0.2, 0.25) is 0 Å². The lowest BCUT2D eigenvalue weighted by atomic mass is 9.52. The zero-order chi connectivity index (χ0) is 85.7. The maximum absolute atomic E-state index is 11.7. The summed E-state index contributed by atoms with van der Waals surface area (Å²) in [4.78, 5) is 23.0. The van der Waals surface area contributed by atoms with Crippen LogP contribution in [0.4, 0.5) is 0 Å². The summed E-state index contributed by atoms with van der Waals surface area (Å²) in [5.74, 6) is 13.5. The quantitative estimate of drug-likeness (QED) is 0.0908. The van der Waals surface area contributed by atoms with Gasteiger partial charge in [-0.25, -0.2) is 0 Å². The highest BCUT2D eigenvalue weighted by atomic mass is 16.5. The van der Waals surface area contributed by atoms with Crippen LogP contribution >= 0.6 is 0 Å². The van der Waals surface area contributed by atoms with Gasteiger partial charge in [0.25, 0.3) is 0 Å². The summed E-state index contributed by atoms with van der Waals surface area (Å²) in [7, 11) is 2.91. The Hall–Kier alpha value is -1.38. The predicted octanol–water partition coefficient (Wildman–Crippen LogP) is 27.4.